The second-order valence-electron chi connectivity index (χ2n) is 5.85. The van der Waals surface area contributed by atoms with Crippen LogP contribution in [-0.2, 0) is 4.79 Å². The number of carbonyl (C=O) groups excluding carboxylic acids is 2. The van der Waals surface area contributed by atoms with Crippen LogP contribution in [0.1, 0.15) is 30.3 Å². The Morgan fingerprint density at radius 3 is 2.71 bits per heavy atom. The van der Waals surface area contributed by atoms with Crippen molar-refractivity contribution in [3.05, 3.63) is 30.0 Å². The number of hydrogen-bond donors (Lipinski definition) is 4. The van der Waals surface area contributed by atoms with E-state index in [9.17, 15) is 9.59 Å². The summed E-state index contributed by atoms with van der Waals surface area (Å²) in [6, 6.07) is 6.97. The summed E-state index contributed by atoms with van der Waals surface area (Å²) < 4.78 is 0. The van der Waals surface area contributed by atoms with Gasteiger partial charge in [-0.3, -0.25) is 14.7 Å². The van der Waals surface area contributed by atoms with Crippen LogP contribution in [0.3, 0.4) is 0 Å². The van der Waals surface area contributed by atoms with Gasteiger partial charge in [0.15, 0.2) is 5.69 Å². The van der Waals surface area contributed by atoms with Crippen LogP contribution < -0.4 is 16.0 Å². The number of nitrogens with zero attached hydrogens (tertiary/aromatic N) is 1. The van der Waals surface area contributed by atoms with Crippen LogP contribution in [0, 0.1) is 0 Å². The van der Waals surface area contributed by atoms with Crippen molar-refractivity contribution in [2.75, 3.05) is 13.1 Å². The maximum absolute atomic E-state index is 12.3. The molecule has 0 radical (unpaired) electrons. The molecule has 1 saturated heterocycles. The number of carbonyl (C=O) groups is 2. The van der Waals surface area contributed by atoms with Gasteiger partial charge in [0.1, 0.15) is 6.04 Å². The minimum atomic E-state index is -0.604. The summed E-state index contributed by atoms with van der Waals surface area (Å²) in [5.41, 5.74) is 1.10. The molecule has 0 spiro atoms. The number of aromatic nitrogens is 2. The lowest BCUT2D eigenvalue weighted by Crippen LogP contribution is -2.50. The first-order valence-corrected chi connectivity index (χ1v) is 7.90. The third-order valence-electron chi connectivity index (χ3n) is 4.11. The Kier molecular flexibility index (Phi) is 6.16. The van der Waals surface area contributed by atoms with Gasteiger partial charge in [0.25, 0.3) is 5.91 Å². The van der Waals surface area contributed by atoms with Crippen molar-refractivity contribution in [3.63, 3.8) is 0 Å². The number of halogens is 1. The highest BCUT2D eigenvalue weighted by atomic mass is 35.5. The maximum atomic E-state index is 12.3. The first kappa shape index (κ1) is 18.2. The van der Waals surface area contributed by atoms with Crippen molar-refractivity contribution < 1.29 is 9.59 Å². The monoisotopic (exact) mass is 351 g/mol. The van der Waals surface area contributed by atoms with Gasteiger partial charge >= 0.3 is 0 Å². The molecule has 1 atom stereocenters. The molecule has 24 heavy (non-hydrogen) atoms. The van der Waals surface area contributed by atoms with E-state index in [4.69, 9.17) is 0 Å². The van der Waals surface area contributed by atoms with Crippen molar-refractivity contribution >= 4 is 35.1 Å². The summed E-state index contributed by atoms with van der Waals surface area (Å²) >= 11 is 0. The number of nitrogens with one attached hydrogen (secondary N) is 4. The van der Waals surface area contributed by atoms with Gasteiger partial charge in [0.05, 0.1) is 5.52 Å². The molecular weight excluding hydrogens is 330 g/mol. The van der Waals surface area contributed by atoms with Crippen molar-refractivity contribution in [1.29, 1.82) is 0 Å². The predicted molar refractivity (Wildman–Crippen MR) is 94.3 cm³/mol. The topological polar surface area (TPSA) is 98.9 Å². The Hall–Kier alpha value is -2.12. The van der Waals surface area contributed by atoms with E-state index in [-0.39, 0.29) is 30.3 Å². The number of aromatic amines is 1. The highest BCUT2D eigenvalue weighted by Crippen LogP contribution is 2.14. The van der Waals surface area contributed by atoms with E-state index in [2.05, 4.69) is 26.1 Å². The molecule has 8 heteroatoms. The van der Waals surface area contributed by atoms with Crippen molar-refractivity contribution in [1.82, 2.24) is 26.1 Å². The Morgan fingerprint density at radius 2 is 1.96 bits per heavy atom. The molecule has 2 amide bonds. The van der Waals surface area contributed by atoms with E-state index < -0.39 is 6.04 Å². The van der Waals surface area contributed by atoms with Crippen LogP contribution in [0.5, 0.6) is 0 Å². The Balaban J connectivity index is 0.00000208. The van der Waals surface area contributed by atoms with Crippen LogP contribution in [0.2, 0.25) is 0 Å². The molecule has 3 rings (SSSR count). The molecular formula is C16H22ClN5O2. The van der Waals surface area contributed by atoms with Gasteiger partial charge in [-0.2, -0.15) is 5.10 Å². The average molecular weight is 352 g/mol. The van der Waals surface area contributed by atoms with E-state index >= 15 is 0 Å². The molecule has 1 aromatic carbocycles. The summed E-state index contributed by atoms with van der Waals surface area (Å²) in [4.78, 5) is 24.5. The molecule has 1 unspecified atom stereocenters. The molecule has 1 aromatic heterocycles. The predicted octanol–water partition coefficient (Wildman–Crippen LogP) is 0.971. The van der Waals surface area contributed by atoms with Gasteiger partial charge in [-0.25, -0.2) is 0 Å². The summed E-state index contributed by atoms with van der Waals surface area (Å²) in [5, 5.41) is 16.6. The van der Waals surface area contributed by atoms with Gasteiger partial charge in [-0.05, 0) is 38.9 Å². The minimum absolute atomic E-state index is 0. The number of fused-ring (bicyclic) bond motifs is 1. The first-order chi connectivity index (χ1) is 11.1. The van der Waals surface area contributed by atoms with Gasteiger partial charge in [-0.15, -0.1) is 12.4 Å². The Bertz CT molecular complexity index is 711. The number of hydrogen-bond acceptors (Lipinski definition) is 4. The molecule has 0 bridgehead atoms. The quantitative estimate of drug-likeness (QED) is 0.659. The third-order valence-corrected chi connectivity index (χ3v) is 4.11. The van der Waals surface area contributed by atoms with E-state index in [1.54, 1.807) is 6.92 Å². The largest absolute Gasteiger partial charge is 0.351 e. The highest BCUT2D eigenvalue weighted by Gasteiger charge is 2.22. The second-order valence-corrected chi connectivity index (χ2v) is 5.85. The normalized spacial score (nSPS) is 16.2. The number of amides is 2. The molecule has 130 valence electrons. The van der Waals surface area contributed by atoms with Crippen LogP contribution in [-0.4, -0.2) is 47.2 Å². The van der Waals surface area contributed by atoms with E-state index in [0.29, 0.717) is 5.69 Å². The van der Waals surface area contributed by atoms with Crippen molar-refractivity contribution in [3.8, 4) is 0 Å². The molecule has 0 saturated carbocycles. The van der Waals surface area contributed by atoms with E-state index in [0.717, 1.165) is 36.8 Å². The molecule has 2 heterocycles. The van der Waals surface area contributed by atoms with Crippen molar-refractivity contribution in [2.45, 2.75) is 31.8 Å². The fourth-order valence-electron chi connectivity index (χ4n) is 2.76. The summed E-state index contributed by atoms with van der Waals surface area (Å²) in [7, 11) is 0. The molecule has 4 N–H and O–H groups in total. The molecule has 1 aliphatic rings. The van der Waals surface area contributed by atoms with E-state index in [1.165, 1.54) is 0 Å². The average Bonchev–Trinajstić information content (AvgIpc) is 2.99. The zero-order valence-corrected chi connectivity index (χ0v) is 14.3. The maximum Gasteiger partial charge on any atom is 0.273 e. The molecule has 0 aliphatic carbocycles. The Labute approximate surface area is 146 Å². The number of rotatable bonds is 4. The number of piperidine rings is 1. The first-order valence-electron chi connectivity index (χ1n) is 7.90. The van der Waals surface area contributed by atoms with Crippen LogP contribution in [0.25, 0.3) is 10.9 Å². The lowest BCUT2D eigenvalue weighted by Gasteiger charge is -2.25. The fraction of sp³-hybridized carbons (Fsp3) is 0.438. The lowest BCUT2D eigenvalue weighted by molar-refractivity contribution is -0.123. The van der Waals surface area contributed by atoms with Gasteiger partial charge in [0.2, 0.25) is 5.91 Å². The van der Waals surface area contributed by atoms with Gasteiger partial charge in [-0.1, -0.05) is 18.2 Å². The SMILES string of the molecule is CC(NC(=O)c1n[nH]c2ccccc12)C(=O)NC1CCNCC1.Cl. The summed E-state index contributed by atoms with van der Waals surface area (Å²) in [6.07, 6.45) is 1.83. The zero-order chi connectivity index (χ0) is 16.2. The van der Waals surface area contributed by atoms with Crippen LogP contribution in [0.15, 0.2) is 24.3 Å². The number of para-hydroxylation sites is 1. The smallest absolute Gasteiger partial charge is 0.273 e. The number of benzene rings is 1. The third kappa shape index (κ3) is 4.04. The van der Waals surface area contributed by atoms with Gasteiger partial charge in [0, 0.05) is 11.4 Å². The number of H-pyrrole nitrogens is 1. The van der Waals surface area contributed by atoms with Crippen LogP contribution in [0.4, 0.5) is 0 Å². The van der Waals surface area contributed by atoms with Crippen molar-refractivity contribution in [2.24, 2.45) is 0 Å². The Morgan fingerprint density at radius 1 is 1.25 bits per heavy atom. The second kappa shape index (κ2) is 8.12. The molecule has 1 fully saturated rings. The fourth-order valence-corrected chi connectivity index (χ4v) is 2.76. The molecule has 7 nitrogen and oxygen atoms in total. The summed E-state index contributed by atoms with van der Waals surface area (Å²) in [5.74, 6) is -0.513. The van der Waals surface area contributed by atoms with Gasteiger partial charge < -0.3 is 16.0 Å². The standard InChI is InChI=1S/C16H21N5O2.ClH/c1-10(15(22)19-11-6-8-17-9-7-11)18-16(23)14-12-4-2-3-5-13(12)20-21-14;/h2-5,10-11,17H,6-9H2,1H3,(H,18,23)(H,19,22)(H,20,21);1H. The van der Waals surface area contributed by atoms with Crippen LogP contribution >= 0.6 is 12.4 Å². The minimum Gasteiger partial charge on any atom is -0.351 e. The van der Waals surface area contributed by atoms with E-state index in [1.807, 2.05) is 24.3 Å². The highest BCUT2D eigenvalue weighted by molar-refractivity contribution is 6.05. The molecule has 2 aromatic rings. The summed E-state index contributed by atoms with van der Waals surface area (Å²) in [6.45, 7) is 3.50. The zero-order valence-electron chi connectivity index (χ0n) is 13.5. The molecule has 1 aliphatic heterocycles. The lowest BCUT2D eigenvalue weighted by atomic mass is 10.1.